The molecule has 0 heterocycles. The van der Waals surface area contributed by atoms with Gasteiger partial charge in [-0.15, -0.1) is 6.58 Å². The molecule has 0 spiro atoms. The van der Waals surface area contributed by atoms with Gasteiger partial charge in [-0.2, -0.15) is 0 Å². The molecule has 1 aromatic carbocycles. The molecule has 3 heteroatoms. The molecular formula is C16H24O3. The van der Waals surface area contributed by atoms with Crippen molar-refractivity contribution in [1.29, 1.82) is 0 Å². The molecule has 3 nitrogen and oxygen atoms in total. The van der Waals surface area contributed by atoms with Crippen LogP contribution in [0, 0.1) is 0 Å². The summed E-state index contributed by atoms with van der Waals surface area (Å²) < 4.78 is 11.2. The molecule has 0 radical (unpaired) electrons. The van der Waals surface area contributed by atoms with Gasteiger partial charge in [0.05, 0.1) is 12.7 Å². The molecule has 0 aliphatic carbocycles. The minimum Gasteiger partial charge on any atom is -0.387 e. The van der Waals surface area contributed by atoms with E-state index >= 15 is 0 Å². The van der Waals surface area contributed by atoms with E-state index in [1.807, 2.05) is 44.2 Å². The standard InChI is InChI=1S/C16H24O3/c1-4-11-18-15(5-2)16(17)13(3)19-12-14-9-7-6-8-10-14/h5-10,13,15-17H,2,4,11-12H2,1,3H3/t13?,15?,16-/m0/s1. The third-order valence-electron chi connectivity index (χ3n) is 2.92. The lowest BCUT2D eigenvalue weighted by Gasteiger charge is -2.25. The van der Waals surface area contributed by atoms with Crippen molar-refractivity contribution in [2.24, 2.45) is 0 Å². The number of aliphatic hydroxyl groups is 1. The van der Waals surface area contributed by atoms with E-state index in [9.17, 15) is 5.11 Å². The van der Waals surface area contributed by atoms with Crippen molar-refractivity contribution < 1.29 is 14.6 Å². The van der Waals surface area contributed by atoms with Gasteiger partial charge in [0.2, 0.25) is 0 Å². The predicted octanol–water partition coefficient (Wildman–Crippen LogP) is 2.93. The van der Waals surface area contributed by atoms with E-state index in [4.69, 9.17) is 9.47 Å². The highest BCUT2D eigenvalue weighted by atomic mass is 16.5. The Balaban J connectivity index is 2.42. The molecule has 0 amide bonds. The lowest BCUT2D eigenvalue weighted by atomic mass is 10.1. The van der Waals surface area contributed by atoms with Crippen LogP contribution < -0.4 is 0 Å². The van der Waals surface area contributed by atoms with Gasteiger partial charge >= 0.3 is 0 Å². The molecule has 0 aliphatic heterocycles. The maximum Gasteiger partial charge on any atom is 0.110 e. The average molecular weight is 264 g/mol. The molecule has 19 heavy (non-hydrogen) atoms. The first-order valence-electron chi connectivity index (χ1n) is 6.76. The fourth-order valence-corrected chi connectivity index (χ4v) is 1.73. The Labute approximate surface area is 115 Å². The minimum atomic E-state index is -0.701. The molecule has 0 fully saturated rings. The molecule has 0 bridgehead atoms. The zero-order chi connectivity index (χ0) is 14.1. The van der Waals surface area contributed by atoms with Gasteiger partial charge in [-0.05, 0) is 18.9 Å². The Morgan fingerprint density at radius 1 is 1.26 bits per heavy atom. The van der Waals surface area contributed by atoms with E-state index in [0.717, 1.165) is 12.0 Å². The Morgan fingerprint density at radius 2 is 1.95 bits per heavy atom. The Bertz CT molecular complexity index is 350. The molecule has 0 saturated carbocycles. The lowest BCUT2D eigenvalue weighted by Crippen LogP contribution is -2.37. The highest BCUT2D eigenvalue weighted by Crippen LogP contribution is 2.11. The van der Waals surface area contributed by atoms with Gasteiger partial charge in [0, 0.05) is 6.61 Å². The highest BCUT2D eigenvalue weighted by molar-refractivity contribution is 5.13. The molecule has 1 N–H and O–H groups in total. The predicted molar refractivity (Wildman–Crippen MR) is 76.9 cm³/mol. The first-order valence-corrected chi connectivity index (χ1v) is 6.76. The summed E-state index contributed by atoms with van der Waals surface area (Å²) in [5.41, 5.74) is 1.09. The molecule has 0 saturated heterocycles. The van der Waals surface area contributed by atoms with E-state index in [1.165, 1.54) is 0 Å². The Morgan fingerprint density at radius 3 is 2.53 bits per heavy atom. The lowest BCUT2D eigenvalue weighted by molar-refractivity contribution is -0.0936. The second kappa shape index (κ2) is 8.86. The number of ether oxygens (including phenoxy) is 2. The van der Waals surface area contributed by atoms with Gasteiger partial charge in [-0.25, -0.2) is 0 Å². The van der Waals surface area contributed by atoms with Crippen LogP contribution in [0.5, 0.6) is 0 Å². The second-order valence-corrected chi connectivity index (χ2v) is 4.56. The van der Waals surface area contributed by atoms with Crippen LogP contribution in [0.4, 0.5) is 0 Å². The summed E-state index contributed by atoms with van der Waals surface area (Å²) >= 11 is 0. The molecule has 0 aromatic heterocycles. The van der Waals surface area contributed by atoms with Crippen molar-refractivity contribution in [2.75, 3.05) is 6.61 Å². The van der Waals surface area contributed by atoms with Crippen LogP contribution in [0.15, 0.2) is 43.0 Å². The number of rotatable bonds is 9. The first kappa shape index (κ1) is 15.9. The van der Waals surface area contributed by atoms with Crippen LogP contribution in [0.3, 0.4) is 0 Å². The van der Waals surface area contributed by atoms with E-state index in [0.29, 0.717) is 13.2 Å². The quantitative estimate of drug-likeness (QED) is 0.697. The zero-order valence-corrected chi connectivity index (χ0v) is 11.8. The normalized spacial score (nSPS) is 15.7. The van der Waals surface area contributed by atoms with Crippen molar-refractivity contribution in [1.82, 2.24) is 0 Å². The fourth-order valence-electron chi connectivity index (χ4n) is 1.73. The Kier molecular flexibility index (Phi) is 7.41. The van der Waals surface area contributed by atoms with Crippen molar-refractivity contribution in [3.63, 3.8) is 0 Å². The van der Waals surface area contributed by atoms with E-state index < -0.39 is 6.10 Å². The summed E-state index contributed by atoms with van der Waals surface area (Å²) in [6, 6.07) is 9.90. The largest absolute Gasteiger partial charge is 0.387 e. The molecular weight excluding hydrogens is 240 g/mol. The van der Waals surface area contributed by atoms with Gasteiger partial charge in [0.1, 0.15) is 12.2 Å². The fraction of sp³-hybridized carbons (Fsp3) is 0.500. The second-order valence-electron chi connectivity index (χ2n) is 4.56. The van der Waals surface area contributed by atoms with Crippen LogP contribution >= 0.6 is 0 Å². The van der Waals surface area contributed by atoms with Crippen molar-refractivity contribution >= 4 is 0 Å². The summed E-state index contributed by atoms with van der Waals surface area (Å²) in [4.78, 5) is 0. The summed E-state index contributed by atoms with van der Waals surface area (Å²) in [6.07, 6.45) is 1.15. The number of hydrogen-bond donors (Lipinski definition) is 1. The van der Waals surface area contributed by atoms with Gasteiger partial charge in [-0.1, -0.05) is 43.3 Å². The average Bonchev–Trinajstić information content (AvgIpc) is 2.46. The minimum absolute atomic E-state index is 0.305. The SMILES string of the molecule is C=CC(OCCC)[C@@H](O)C(C)OCc1ccccc1. The molecule has 1 aromatic rings. The van der Waals surface area contributed by atoms with Crippen LogP contribution in [0.25, 0.3) is 0 Å². The summed E-state index contributed by atoms with van der Waals surface area (Å²) in [5.74, 6) is 0. The van der Waals surface area contributed by atoms with Gasteiger partial charge < -0.3 is 14.6 Å². The number of hydrogen-bond acceptors (Lipinski definition) is 3. The molecule has 2 unspecified atom stereocenters. The van der Waals surface area contributed by atoms with E-state index in [2.05, 4.69) is 6.58 Å². The number of benzene rings is 1. The molecule has 0 aliphatic rings. The highest BCUT2D eigenvalue weighted by Gasteiger charge is 2.23. The maximum atomic E-state index is 10.2. The van der Waals surface area contributed by atoms with E-state index in [1.54, 1.807) is 6.08 Å². The molecule has 1 rings (SSSR count). The molecule has 106 valence electrons. The summed E-state index contributed by atoms with van der Waals surface area (Å²) in [7, 11) is 0. The van der Waals surface area contributed by atoms with Crippen LogP contribution in [0.2, 0.25) is 0 Å². The smallest absolute Gasteiger partial charge is 0.110 e. The van der Waals surface area contributed by atoms with E-state index in [-0.39, 0.29) is 12.2 Å². The van der Waals surface area contributed by atoms with Gasteiger partial charge in [0.15, 0.2) is 0 Å². The van der Waals surface area contributed by atoms with Crippen LogP contribution in [-0.4, -0.2) is 30.0 Å². The van der Waals surface area contributed by atoms with Crippen molar-refractivity contribution in [3.05, 3.63) is 48.6 Å². The summed E-state index contributed by atoms with van der Waals surface area (Å²) in [5, 5.41) is 10.2. The van der Waals surface area contributed by atoms with Gasteiger partial charge in [-0.3, -0.25) is 0 Å². The first-order chi connectivity index (χ1) is 9.19. The van der Waals surface area contributed by atoms with Crippen LogP contribution in [0.1, 0.15) is 25.8 Å². The van der Waals surface area contributed by atoms with Crippen LogP contribution in [-0.2, 0) is 16.1 Å². The zero-order valence-electron chi connectivity index (χ0n) is 11.8. The van der Waals surface area contributed by atoms with Crippen molar-refractivity contribution in [3.8, 4) is 0 Å². The number of aliphatic hydroxyl groups excluding tert-OH is 1. The van der Waals surface area contributed by atoms with Gasteiger partial charge in [0.25, 0.3) is 0 Å². The summed E-state index contributed by atoms with van der Waals surface area (Å²) in [6.45, 7) is 8.66. The molecule has 3 atom stereocenters. The maximum absolute atomic E-state index is 10.2. The van der Waals surface area contributed by atoms with Crippen molar-refractivity contribution in [2.45, 2.75) is 45.2 Å². The monoisotopic (exact) mass is 264 g/mol. The Hall–Kier alpha value is -1.16. The third-order valence-corrected chi connectivity index (χ3v) is 2.92. The topological polar surface area (TPSA) is 38.7 Å². The third kappa shape index (κ3) is 5.55.